The fourth-order valence-corrected chi connectivity index (χ4v) is 6.17. The Morgan fingerprint density at radius 2 is 1.02 bits per heavy atom. The largest absolute Gasteiger partial charge is 0.112 e. The molecule has 6 aromatic carbocycles. The molecule has 0 heteroatoms. The third kappa shape index (κ3) is 4.44. The van der Waals surface area contributed by atoms with Crippen molar-refractivity contribution in [3.8, 4) is 22.3 Å². The van der Waals surface area contributed by atoms with Crippen LogP contribution in [0.3, 0.4) is 0 Å². The number of fused-ring (bicyclic) bond motifs is 3. The van der Waals surface area contributed by atoms with Gasteiger partial charge >= 0.3 is 0 Å². The van der Waals surface area contributed by atoms with Gasteiger partial charge in [-0.1, -0.05) is 136 Å². The van der Waals surface area contributed by atoms with Crippen molar-refractivity contribution in [1.82, 2.24) is 0 Å². The van der Waals surface area contributed by atoms with Gasteiger partial charge in [0.15, 0.2) is 0 Å². The second-order valence-corrected chi connectivity index (χ2v) is 11.9. The lowest BCUT2D eigenvalue weighted by atomic mass is 9.82. The molecule has 41 heavy (non-hydrogen) atoms. The van der Waals surface area contributed by atoms with Crippen molar-refractivity contribution in [2.75, 3.05) is 0 Å². The highest BCUT2D eigenvalue weighted by atomic mass is 14.2. The van der Waals surface area contributed by atoms with Crippen molar-refractivity contribution in [1.29, 1.82) is 0 Å². The minimum Gasteiger partial charge on any atom is -0.112 e. The summed E-state index contributed by atoms with van der Waals surface area (Å²) in [6, 6.07) is 42.0. The number of rotatable bonds is 3. The van der Waals surface area contributed by atoms with Crippen LogP contribution in [-0.2, 0) is 0 Å². The van der Waals surface area contributed by atoms with Crippen molar-refractivity contribution in [3.63, 3.8) is 0 Å². The number of benzene rings is 6. The quantitative estimate of drug-likeness (QED) is 0.159. The molecule has 0 saturated heterocycles. The van der Waals surface area contributed by atoms with Crippen LogP contribution < -0.4 is 0 Å². The Kier molecular flexibility index (Phi) is 6.08. The molecule has 1 aliphatic rings. The predicted molar refractivity (Wildman–Crippen MR) is 178 cm³/mol. The van der Waals surface area contributed by atoms with E-state index >= 15 is 0 Å². The molecule has 0 fully saturated rings. The van der Waals surface area contributed by atoms with Crippen LogP contribution >= 0.6 is 0 Å². The first-order valence-electron chi connectivity index (χ1n) is 14.4. The summed E-state index contributed by atoms with van der Waals surface area (Å²) < 4.78 is 0. The Morgan fingerprint density at radius 3 is 1.61 bits per heavy atom. The second-order valence-electron chi connectivity index (χ2n) is 11.9. The van der Waals surface area contributed by atoms with E-state index in [1.165, 1.54) is 65.7 Å². The van der Waals surface area contributed by atoms with Crippen LogP contribution in [0.2, 0.25) is 0 Å². The normalized spacial score (nSPS) is 13.4. The summed E-state index contributed by atoms with van der Waals surface area (Å²) >= 11 is 0. The molecule has 0 amide bonds. The summed E-state index contributed by atoms with van der Waals surface area (Å²) in [7, 11) is 0. The summed E-state index contributed by atoms with van der Waals surface area (Å²) in [5, 5.41) is 7.49. The van der Waals surface area contributed by atoms with Gasteiger partial charge in [0.1, 0.15) is 0 Å². The molecule has 0 nitrogen and oxygen atoms in total. The van der Waals surface area contributed by atoms with Gasteiger partial charge < -0.3 is 0 Å². The zero-order valence-corrected chi connectivity index (χ0v) is 23.8. The van der Waals surface area contributed by atoms with Crippen LogP contribution in [0.25, 0.3) is 60.1 Å². The number of allylic oxidation sites excluding steroid dienone is 5. The molecule has 0 aromatic heterocycles. The van der Waals surface area contributed by atoms with Gasteiger partial charge in [-0.05, 0) is 89.8 Å². The highest BCUT2D eigenvalue weighted by Crippen LogP contribution is 2.46. The lowest BCUT2D eigenvalue weighted by Crippen LogP contribution is -2.06. The maximum absolute atomic E-state index is 3.63. The standard InChI is InChI=1S/C41H32/c1-41(2,3)32-19-13-18-29(24-25-32)39-33-20-9-11-22-35(33)40(36-23-12-10-21-34(36)39)38-27-31-17-8-7-16-30(31)26-37(38)28-14-5-4-6-15-28/h4-17,19-27H,1-3H3. The lowest BCUT2D eigenvalue weighted by molar-refractivity contribution is 0.517. The molecule has 0 atom stereocenters. The first-order chi connectivity index (χ1) is 20.0. The van der Waals surface area contributed by atoms with Crippen molar-refractivity contribution < 1.29 is 0 Å². The third-order valence-electron chi connectivity index (χ3n) is 8.24. The van der Waals surface area contributed by atoms with E-state index in [0.717, 1.165) is 5.57 Å². The molecule has 0 aliphatic heterocycles. The van der Waals surface area contributed by atoms with E-state index in [9.17, 15) is 0 Å². The zero-order valence-electron chi connectivity index (χ0n) is 23.8. The van der Waals surface area contributed by atoms with E-state index in [2.05, 4.69) is 166 Å². The van der Waals surface area contributed by atoms with E-state index in [1.807, 2.05) is 0 Å². The third-order valence-corrected chi connectivity index (χ3v) is 8.24. The highest BCUT2D eigenvalue weighted by molar-refractivity contribution is 6.21. The molecule has 0 heterocycles. The second kappa shape index (κ2) is 9.93. The minimum atomic E-state index is 0.0715. The summed E-state index contributed by atoms with van der Waals surface area (Å²) in [4.78, 5) is 0. The maximum atomic E-state index is 3.63. The van der Waals surface area contributed by atoms with Crippen molar-refractivity contribution in [3.05, 3.63) is 156 Å². The molecule has 0 radical (unpaired) electrons. The fraction of sp³-hybridized carbons (Fsp3) is 0.0976. The zero-order chi connectivity index (χ0) is 28.0. The van der Waals surface area contributed by atoms with Gasteiger partial charge in [-0.2, -0.15) is 0 Å². The topological polar surface area (TPSA) is 0 Å². The molecule has 7 rings (SSSR count). The van der Waals surface area contributed by atoms with Crippen molar-refractivity contribution in [2.45, 2.75) is 20.8 Å². The fourth-order valence-electron chi connectivity index (χ4n) is 6.17. The number of hydrogen-bond donors (Lipinski definition) is 0. The molecule has 0 unspecified atom stereocenters. The molecule has 1 aliphatic carbocycles. The first kappa shape index (κ1) is 25.1. The van der Waals surface area contributed by atoms with E-state index in [1.54, 1.807) is 0 Å². The van der Waals surface area contributed by atoms with E-state index in [4.69, 9.17) is 0 Å². The van der Waals surface area contributed by atoms with Crippen LogP contribution in [0.1, 0.15) is 26.3 Å². The molecule has 6 aromatic rings. The Morgan fingerprint density at radius 1 is 0.512 bits per heavy atom. The van der Waals surface area contributed by atoms with Gasteiger partial charge in [0, 0.05) is 11.1 Å². The smallest absolute Gasteiger partial charge is 0.0249 e. The molecule has 0 bridgehead atoms. The van der Waals surface area contributed by atoms with Crippen LogP contribution in [0, 0.1) is 5.41 Å². The van der Waals surface area contributed by atoms with Gasteiger partial charge in [0.25, 0.3) is 0 Å². The van der Waals surface area contributed by atoms with E-state index in [0.29, 0.717) is 0 Å². The Hall–Kier alpha value is -4.90. The molecular formula is C41H32. The summed E-state index contributed by atoms with van der Waals surface area (Å²) in [5.74, 6) is 0. The Bertz CT molecular complexity index is 2030. The monoisotopic (exact) mass is 524 g/mol. The van der Waals surface area contributed by atoms with Crippen molar-refractivity contribution in [2.24, 2.45) is 5.41 Å². The van der Waals surface area contributed by atoms with Crippen LogP contribution in [0.5, 0.6) is 0 Å². The molecule has 0 spiro atoms. The summed E-state index contributed by atoms with van der Waals surface area (Å²) in [5.41, 5.74) is 12.4. The van der Waals surface area contributed by atoms with Crippen LogP contribution in [-0.4, -0.2) is 0 Å². The van der Waals surface area contributed by atoms with Gasteiger partial charge in [-0.3, -0.25) is 0 Å². The lowest BCUT2D eigenvalue weighted by Gasteiger charge is -2.21. The van der Waals surface area contributed by atoms with Crippen LogP contribution in [0.4, 0.5) is 0 Å². The summed E-state index contributed by atoms with van der Waals surface area (Å²) in [6.45, 7) is 6.78. The van der Waals surface area contributed by atoms with Gasteiger partial charge in [-0.15, -0.1) is 5.73 Å². The molecule has 0 N–H and O–H groups in total. The average Bonchev–Trinajstić information content (AvgIpc) is 3.26. The average molecular weight is 525 g/mol. The maximum Gasteiger partial charge on any atom is 0.0249 e. The van der Waals surface area contributed by atoms with Gasteiger partial charge in [0.05, 0.1) is 0 Å². The van der Waals surface area contributed by atoms with Crippen LogP contribution in [0.15, 0.2) is 151 Å². The Labute approximate surface area is 242 Å². The van der Waals surface area contributed by atoms with Gasteiger partial charge in [-0.25, -0.2) is 0 Å². The molecule has 196 valence electrons. The minimum absolute atomic E-state index is 0.0715. The SMILES string of the molecule is CC(C)(C)C1=CC=C=C(c2c3ccccc3c(-c3cc4ccccc4cc3-c3ccccc3)c3ccccc23)C=C1. The first-order valence-corrected chi connectivity index (χ1v) is 14.4. The Balaban J connectivity index is 1.58. The van der Waals surface area contributed by atoms with Gasteiger partial charge in [0.2, 0.25) is 0 Å². The number of hydrogen-bond acceptors (Lipinski definition) is 0. The van der Waals surface area contributed by atoms with E-state index in [-0.39, 0.29) is 5.41 Å². The summed E-state index contributed by atoms with van der Waals surface area (Å²) in [6.07, 6.45) is 8.80. The molecule has 0 saturated carbocycles. The molecular weight excluding hydrogens is 492 g/mol. The highest BCUT2D eigenvalue weighted by Gasteiger charge is 2.21. The predicted octanol–water partition coefficient (Wildman–Crippen LogP) is 11.6. The van der Waals surface area contributed by atoms with Crippen molar-refractivity contribution >= 4 is 37.9 Å². The van der Waals surface area contributed by atoms with E-state index < -0.39 is 0 Å².